The summed E-state index contributed by atoms with van der Waals surface area (Å²) in [6.45, 7) is 5.17. The van der Waals surface area contributed by atoms with E-state index < -0.39 is 17.0 Å². The summed E-state index contributed by atoms with van der Waals surface area (Å²) in [5, 5.41) is 18.5. The lowest BCUT2D eigenvalue weighted by molar-refractivity contribution is -0.384. The molecule has 3 aromatic rings. The number of aromatic nitrogens is 2. The topological polar surface area (TPSA) is 118 Å². The van der Waals surface area contributed by atoms with Gasteiger partial charge >= 0.3 is 5.97 Å². The average molecular weight is 397 g/mol. The number of hydrogen-bond donors (Lipinski definition) is 0. The molecule has 0 N–H and O–H groups in total. The lowest BCUT2D eigenvalue weighted by Gasteiger charge is -2.12. The Balaban J connectivity index is 1.59. The number of nitro groups is 1. The Morgan fingerprint density at radius 1 is 1.17 bits per heavy atom. The highest BCUT2D eigenvalue weighted by atomic mass is 16.6. The van der Waals surface area contributed by atoms with Crippen molar-refractivity contribution in [2.24, 2.45) is 0 Å². The lowest BCUT2D eigenvalue weighted by atomic mass is 10.1. The Bertz CT molecular complexity index is 1030. The highest BCUT2D eigenvalue weighted by Gasteiger charge is 2.20. The van der Waals surface area contributed by atoms with E-state index in [1.807, 2.05) is 32.0 Å². The summed E-state index contributed by atoms with van der Waals surface area (Å²) in [6, 6.07) is 11.4. The van der Waals surface area contributed by atoms with Gasteiger partial charge in [0.1, 0.15) is 5.75 Å². The van der Waals surface area contributed by atoms with Gasteiger partial charge in [-0.2, -0.15) is 0 Å². The molecule has 2 aromatic carbocycles. The molecule has 0 saturated carbocycles. The van der Waals surface area contributed by atoms with Gasteiger partial charge in [0.2, 0.25) is 5.89 Å². The van der Waals surface area contributed by atoms with Crippen LogP contribution in [-0.4, -0.2) is 27.7 Å². The van der Waals surface area contributed by atoms with Crippen LogP contribution in [-0.2, 0) is 9.53 Å². The van der Waals surface area contributed by atoms with Gasteiger partial charge in [-0.25, -0.2) is 4.79 Å². The lowest BCUT2D eigenvalue weighted by Crippen LogP contribution is -2.17. The summed E-state index contributed by atoms with van der Waals surface area (Å²) in [6.07, 6.45) is -0.774. The first-order valence-electron chi connectivity index (χ1n) is 8.81. The Labute approximate surface area is 166 Å². The third-order valence-electron chi connectivity index (χ3n) is 4.11. The van der Waals surface area contributed by atoms with Crippen molar-refractivity contribution in [2.75, 3.05) is 6.61 Å². The predicted molar refractivity (Wildman–Crippen MR) is 102 cm³/mol. The SMILES string of the molecule is Cc1ccc(C)c(OCC(=O)O[C@@H](C)c2nnc(-c3ccc([N+](=O)[O-])cc3)o2)c1. The molecular weight excluding hydrogens is 378 g/mol. The summed E-state index contributed by atoms with van der Waals surface area (Å²) in [5.74, 6) is 0.323. The fourth-order valence-electron chi connectivity index (χ4n) is 2.52. The molecule has 0 radical (unpaired) electrons. The second-order valence-electron chi connectivity index (χ2n) is 6.44. The molecule has 0 aliphatic rings. The molecule has 1 heterocycles. The van der Waals surface area contributed by atoms with Gasteiger partial charge < -0.3 is 13.9 Å². The number of ether oxygens (including phenoxy) is 2. The highest BCUT2D eigenvalue weighted by Crippen LogP contribution is 2.24. The molecule has 0 amide bonds. The first-order valence-corrected chi connectivity index (χ1v) is 8.81. The maximum Gasteiger partial charge on any atom is 0.344 e. The summed E-state index contributed by atoms with van der Waals surface area (Å²) < 4.78 is 16.3. The quantitative estimate of drug-likeness (QED) is 0.334. The van der Waals surface area contributed by atoms with E-state index in [0.29, 0.717) is 11.3 Å². The van der Waals surface area contributed by atoms with Crippen LogP contribution in [0.1, 0.15) is 30.0 Å². The third-order valence-corrected chi connectivity index (χ3v) is 4.11. The predicted octanol–water partition coefficient (Wildman–Crippen LogP) is 3.94. The van der Waals surface area contributed by atoms with Crippen LogP contribution in [0.2, 0.25) is 0 Å². The third kappa shape index (κ3) is 4.95. The van der Waals surface area contributed by atoms with E-state index in [-0.39, 0.29) is 24.1 Å². The second kappa shape index (κ2) is 8.51. The van der Waals surface area contributed by atoms with Gasteiger partial charge in [0.05, 0.1) is 4.92 Å². The van der Waals surface area contributed by atoms with Crippen molar-refractivity contribution in [3.8, 4) is 17.2 Å². The van der Waals surface area contributed by atoms with E-state index in [2.05, 4.69) is 10.2 Å². The number of hydrogen-bond acceptors (Lipinski definition) is 8. The summed E-state index contributed by atoms with van der Waals surface area (Å²) >= 11 is 0. The van der Waals surface area contributed by atoms with E-state index in [0.717, 1.165) is 11.1 Å². The number of esters is 1. The molecular formula is C20H19N3O6. The average Bonchev–Trinajstić information content (AvgIpc) is 3.19. The largest absolute Gasteiger partial charge is 0.482 e. The molecule has 1 aromatic heterocycles. The number of carbonyl (C=O) groups is 1. The molecule has 0 saturated heterocycles. The van der Waals surface area contributed by atoms with Crippen molar-refractivity contribution >= 4 is 11.7 Å². The number of benzene rings is 2. The minimum atomic E-state index is -0.774. The first kappa shape index (κ1) is 20.0. The van der Waals surface area contributed by atoms with Crippen molar-refractivity contribution in [3.63, 3.8) is 0 Å². The normalized spacial score (nSPS) is 11.7. The van der Waals surface area contributed by atoms with Gasteiger partial charge in [-0.3, -0.25) is 10.1 Å². The molecule has 0 aliphatic heterocycles. The van der Waals surface area contributed by atoms with E-state index >= 15 is 0 Å². The van der Waals surface area contributed by atoms with Crippen LogP contribution in [0.4, 0.5) is 5.69 Å². The van der Waals surface area contributed by atoms with E-state index in [4.69, 9.17) is 13.9 Å². The van der Waals surface area contributed by atoms with Crippen molar-refractivity contribution in [3.05, 3.63) is 69.6 Å². The van der Waals surface area contributed by atoms with Crippen LogP contribution < -0.4 is 4.74 Å². The maximum absolute atomic E-state index is 12.1. The molecule has 29 heavy (non-hydrogen) atoms. The van der Waals surface area contributed by atoms with E-state index in [9.17, 15) is 14.9 Å². The first-order chi connectivity index (χ1) is 13.8. The van der Waals surface area contributed by atoms with Crippen molar-refractivity contribution < 1.29 is 23.6 Å². The van der Waals surface area contributed by atoms with Crippen LogP contribution in [0.25, 0.3) is 11.5 Å². The molecule has 1 atom stereocenters. The van der Waals surface area contributed by atoms with Gasteiger partial charge in [-0.05, 0) is 50.1 Å². The smallest absolute Gasteiger partial charge is 0.344 e. The maximum atomic E-state index is 12.1. The Kier molecular flexibility index (Phi) is 5.87. The summed E-state index contributed by atoms with van der Waals surface area (Å²) in [5.41, 5.74) is 2.42. The zero-order chi connectivity index (χ0) is 21.0. The standard InChI is InChI=1S/C20H19N3O6/c1-12-4-5-13(2)17(10-12)27-11-18(24)28-14(3)19-21-22-20(29-19)15-6-8-16(9-7-15)23(25)26/h4-10,14H,11H2,1-3H3/t14-/m0/s1. The molecule has 9 heteroatoms. The molecule has 0 bridgehead atoms. The summed E-state index contributed by atoms with van der Waals surface area (Å²) in [4.78, 5) is 22.3. The fraction of sp³-hybridized carbons (Fsp3) is 0.250. The fourth-order valence-corrected chi connectivity index (χ4v) is 2.52. The molecule has 0 spiro atoms. The number of non-ortho nitro benzene ring substituents is 1. The summed E-state index contributed by atoms with van der Waals surface area (Å²) in [7, 11) is 0. The van der Waals surface area contributed by atoms with Crippen molar-refractivity contribution in [1.29, 1.82) is 0 Å². The minimum absolute atomic E-state index is 0.0420. The van der Waals surface area contributed by atoms with Crippen LogP contribution >= 0.6 is 0 Å². The Hall–Kier alpha value is -3.75. The van der Waals surface area contributed by atoms with Crippen LogP contribution in [0.5, 0.6) is 5.75 Å². The van der Waals surface area contributed by atoms with E-state index in [1.54, 1.807) is 6.92 Å². The van der Waals surface area contributed by atoms with Crippen LogP contribution in [0.15, 0.2) is 46.9 Å². The number of carbonyl (C=O) groups excluding carboxylic acids is 1. The Morgan fingerprint density at radius 3 is 2.59 bits per heavy atom. The zero-order valence-electron chi connectivity index (χ0n) is 16.1. The monoisotopic (exact) mass is 397 g/mol. The molecule has 150 valence electrons. The molecule has 0 aliphatic carbocycles. The van der Waals surface area contributed by atoms with Gasteiger partial charge in [0.25, 0.3) is 11.6 Å². The number of nitro benzene ring substituents is 1. The van der Waals surface area contributed by atoms with Crippen molar-refractivity contribution in [2.45, 2.75) is 26.9 Å². The second-order valence-corrected chi connectivity index (χ2v) is 6.44. The minimum Gasteiger partial charge on any atom is -0.482 e. The van der Waals surface area contributed by atoms with E-state index in [1.165, 1.54) is 24.3 Å². The molecule has 0 fully saturated rings. The van der Waals surface area contributed by atoms with Gasteiger partial charge in [0, 0.05) is 17.7 Å². The van der Waals surface area contributed by atoms with Crippen molar-refractivity contribution in [1.82, 2.24) is 10.2 Å². The van der Waals surface area contributed by atoms with Crippen LogP contribution in [0.3, 0.4) is 0 Å². The highest BCUT2D eigenvalue weighted by molar-refractivity contribution is 5.71. The molecule has 0 unspecified atom stereocenters. The molecule has 9 nitrogen and oxygen atoms in total. The van der Waals surface area contributed by atoms with Gasteiger partial charge in [0.15, 0.2) is 12.7 Å². The number of nitrogens with zero attached hydrogens (tertiary/aromatic N) is 3. The zero-order valence-corrected chi connectivity index (χ0v) is 16.1. The van der Waals surface area contributed by atoms with Gasteiger partial charge in [-0.1, -0.05) is 12.1 Å². The number of aryl methyl sites for hydroxylation is 2. The molecule has 3 rings (SSSR count). The van der Waals surface area contributed by atoms with Crippen LogP contribution in [0, 0.1) is 24.0 Å². The Morgan fingerprint density at radius 2 is 1.90 bits per heavy atom. The van der Waals surface area contributed by atoms with Gasteiger partial charge in [-0.15, -0.1) is 10.2 Å². The number of rotatable bonds is 7.